The van der Waals surface area contributed by atoms with Gasteiger partial charge < -0.3 is 15.2 Å². The van der Waals surface area contributed by atoms with Crippen LogP contribution in [0.3, 0.4) is 0 Å². The van der Waals surface area contributed by atoms with Crippen molar-refractivity contribution in [1.82, 2.24) is 14.6 Å². The molecule has 3 aromatic rings. The summed E-state index contributed by atoms with van der Waals surface area (Å²) in [5.41, 5.74) is 7.30. The van der Waals surface area contributed by atoms with Crippen molar-refractivity contribution < 1.29 is 9.47 Å². The Balaban J connectivity index is 1.48. The highest BCUT2D eigenvalue weighted by Crippen LogP contribution is 2.39. The topological polar surface area (TPSA) is 98.5 Å². The van der Waals surface area contributed by atoms with Gasteiger partial charge in [-0.05, 0) is 30.5 Å². The van der Waals surface area contributed by atoms with E-state index in [1.807, 2.05) is 42.5 Å². The number of nitriles is 1. The summed E-state index contributed by atoms with van der Waals surface area (Å²) in [6, 6.07) is 16.0. The van der Waals surface area contributed by atoms with Crippen molar-refractivity contribution in [2.75, 3.05) is 12.3 Å². The van der Waals surface area contributed by atoms with Gasteiger partial charge in [0.05, 0.1) is 25.0 Å². The largest absolute Gasteiger partial charge is 0.382 e. The van der Waals surface area contributed by atoms with Crippen LogP contribution >= 0.6 is 0 Å². The summed E-state index contributed by atoms with van der Waals surface area (Å²) in [6.07, 6.45) is 2.57. The Morgan fingerprint density at radius 3 is 2.96 bits per heavy atom. The highest BCUT2D eigenvalue weighted by Gasteiger charge is 2.44. The molecule has 1 aromatic carbocycles. The summed E-state index contributed by atoms with van der Waals surface area (Å²) in [4.78, 5) is 3.98. The fraction of sp³-hybridized carbons (Fsp3) is 0.316. The second-order valence-corrected chi connectivity index (χ2v) is 6.38. The zero-order valence-electron chi connectivity index (χ0n) is 14.2. The monoisotopic (exact) mass is 349 g/mol. The number of fused-ring (bicyclic) bond motifs is 1. The van der Waals surface area contributed by atoms with Gasteiger partial charge in [-0.25, -0.2) is 9.50 Å². The van der Waals surface area contributed by atoms with E-state index >= 15 is 0 Å². The average molecular weight is 349 g/mol. The maximum atomic E-state index is 9.83. The quantitative estimate of drug-likeness (QED) is 0.759. The molecular formula is C19H19N5O2. The molecule has 7 nitrogen and oxygen atoms in total. The Morgan fingerprint density at radius 1 is 1.31 bits per heavy atom. The first-order valence-corrected chi connectivity index (χ1v) is 8.51. The number of aromatic nitrogens is 3. The molecular weight excluding hydrogens is 330 g/mol. The van der Waals surface area contributed by atoms with Crippen LogP contribution in [0.15, 0.2) is 48.8 Å². The highest BCUT2D eigenvalue weighted by molar-refractivity contribution is 5.65. The van der Waals surface area contributed by atoms with Gasteiger partial charge in [0.1, 0.15) is 17.9 Å². The molecule has 0 saturated carbocycles. The Morgan fingerprint density at radius 2 is 2.15 bits per heavy atom. The lowest BCUT2D eigenvalue weighted by Crippen LogP contribution is -2.28. The number of hydrogen-bond donors (Lipinski definition) is 1. The van der Waals surface area contributed by atoms with Crippen molar-refractivity contribution >= 4 is 11.3 Å². The molecule has 26 heavy (non-hydrogen) atoms. The van der Waals surface area contributed by atoms with Crippen molar-refractivity contribution in [3.63, 3.8) is 0 Å². The lowest BCUT2D eigenvalue weighted by molar-refractivity contribution is -0.0528. The minimum atomic E-state index is -1.05. The number of rotatable bonds is 5. The summed E-state index contributed by atoms with van der Waals surface area (Å²) >= 11 is 0. The summed E-state index contributed by atoms with van der Waals surface area (Å²) in [5.74, 6) is 0.375. The number of nitrogen functional groups attached to an aromatic ring is 1. The standard InChI is InChI=1S/C19H19N5O2/c20-12-19(17-7-6-16-18(21)22-13-23-24(16)17)9-8-15(26-19)11-25-10-14-4-2-1-3-5-14/h1-7,13,15H,8-11H2,(H2,21,22,23)/t15-,19-/m0/s1. The van der Waals surface area contributed by atoms with E-state index in [1.165, 1.54) is 6.33 Å². The van der Waals surface area contributed by atoms with Crippen molar-refractivity contribution in [2.45, 2.75) is 31.2 Å². The van der Waals surface area contributed by atoms with E-state index in [9.17, 15) is 5.26 Å². The van der Waals surface area contributed by atoms with Crippen LogP contribution in [0, 0.1) is 11.3 Å². The molecule has 4 rings (SSSR count). The molecule has 1 aliphatic rings. The SMILES string of the molecule is N#C[C@]1(c2ccc3c(N)ncnn23)CC[C@@H](COCc2ccccc2)O1. The van der Waals surface area contributed by atoms with E-state index in [2.05, 4.69) is 16.2 Å². The number of hydrogen-bond acceptors (Lipinski definition) is 6. The second-order valence-electron chi connectivity index (χ2n) is 6.38. The van der Waals surface area contributed by atoms with Gasteiger partial charge in [0.25, 0.3) is 0 Å². The smallest absolute Gasteiger partial charge is 0.196 e. The van der Waals surface area contributed by atoms with Gasteiger partial charge in [-0.1, -0.05) is 30.3 Å². The van der Waals surface area contributed by atoms with E-state index in [1.54, 1.807) is 4.52 Å². The van der Waals surface area contributed by atoms with Gasteiger partial charge in [-0.2, -0.15) is 10.4 Å². The molecule has 7 heteroatoms. The molecule has 132 valence electrons. The minimum absolute atomic E-state index is 0.136. The number of nitrogens with two attached hydrogens (primary N) is 1. The summed E-state index contributed by atoms with van der Waals surface area (Å²) in [6.45, 7) is 0.969. The zero-order valence-corrected chi connectivity index (χ0v) is 14.2. The Bertz CT molecular complexity index is 949. The molecule has 0 aliphatic carbocycles. The van der Waals surface area contributed by atoms with Gasteiger partial charge in [-0.15, -0.1) is 0 Å². The van der Waals surface area contributed by atoms with Crippen LogP contribution in [0.5, 0.6) is 0 Å². The molecule has 1 fully saturated rings. The lowest BCUT2D eigenvalue weighted by Gasteiger charge is -2.21. The third-order valence-corrected chi connectivity index (χ3v) is 4.68. The van der Waals surface area contributed by atoms with Gasteiger partial charge in [-0.3, -0.25) is 0 Å². The van der Waals surface area contributed by atoms with Crippen molar-refractivity contribution in [1.29, 1.82) is 5.26 Å². The van der Waals surface area contributed by atoms with Crippen LogP contribution in [-0.4, -0.2) is 27.3 Å². The van der Waals surface area contributed by atoms with Gasteiger partial charge >= 0.3 is 0 Å². The number of nitrogens with zero attached hydrogens (tertiary/aromatic N) is 4. The van der Waals surface area contributed by atoms with Gasteiger partial charge in [0, 0.05) is 0 Å². The van der Waals surface area contributed by atoms with Crippen LogP contribution in [-0.2, 0) is 21.7 Å². The van der Waals surface area contributed by atoms with E-state index < -0.39 is 5.60 Å². The maximum absolute atomic E-state index is 9.83. The van der Waals surface area contributed by atoms with E-state index in [0.717, 1.165) is 12.0 Å². The molecule has 0 unspecified atom stereocenters. The van der Waals surface area contributed by atoms with E-state index in [4.69, 9.17) is 15.2 Å². The van der Waals surface area contributed by atoms with Crippen LogP contribution in [0.4, 0.5) is 5.82 Å². The first-order valence-electron chi connectivity index (χ1n) is 8.51. The molecule has 2 N–H and O–H groups in total. The fourth-order valence-electron chi connectivity index (χ4n) is 3.35. The van der Waals surface area contributed by atoms with E-state index in [0.29, 0.717) is 36.7 Å². The second kappa shape index (κ2) is 6.75. The molecule has 0 radical (unpaired) electrons. The van der Waals surface area contributed by atoms with Crippen LogP contribution in [0.1, 0.15) is 24.1 Å². The van der Waals surface area contributed by atoms with Crippen molar-refractivity contribution in [2.24, 2.45) is 0 Å². The Hall–Kier alpha value is -2.95. The Kier molecular flexibility index (Phi) is 4.29. The molecule has 0 amide bonds. The maximum Gasteiger partial charge on any atom is 0.196 e. The number of benzene rings is 1. The van der Waals surface area contributed by atoms with Gasteiger partial charge in [0.15, 0.2) is 11.4 Å². The predicted molar refractivity (Wildman–Crippen MR) is 94.9 cm³/mol. The normalized spacial score (nSPS) is 22.5. The lowest BCUT2D eigenvalue weighted by atomic mass is 9.98. The van der Waals surface area contributed by atoms with E-state index in [-0.39, 0.29) is 6.10 Å². The molecule has 0 spiro atoms. The number of ether oxygens (including phenoxy) is 2. The summed E-state index contributed by atoms with van der Waals surface area (Å²) < 4.78 is 13.5. The molecule has 3 heterocycles. The van der Waals surface area contributed by atoms with Crippen LogP contribution in [0.2, 0.25) is 0 Å². The third-order valence-electron chi connectivity index (χ3n) is 4.68. The molecule has 1 aliphatic heterocycles. The third kappa shape index (κ3) is 2.90. The first kappa shape index (κ1) is 16.5. The summed E-state index contributed by atoms with van der Waals surface area (Å²) in [7, 11) is 0. The molecule has 0 bridgehead atoms. The Labute approximate surface area is 151 Å². The zero-order chi connectivity index (χ0) is 18.0. The fourth-order valence-corrected chi connectivity index (χ4v) is 3.35. The van der Waals surface area contributed by atoms with Gasteiger partial charge in [0.2, 0.25) is 0 Å². The average Bonchev–Trinajstić information content (AvgIpc) is 3.28. The van der Waals surface area contributed by atoms with Crippen molar-refractivity contribution in [3.8, 4) is 6.07 Å². The van der Waals surface area contributed by atoms with Crippen molar-refractivity contribution in [3.05, 3.63) is 60.0 Å². The highest BCUT2D eigenvalue weighted by atomic mass is 16.6. The molecule has 2 atom stereocenters. The summed E-state index contributed by atoms with van der Waals surface area (Å²) in [5, 5.41) is 14.1. The van der Waals surface area contributed by atoms with Crippen LogP contribution in [0.25, 0.3) is 5.52 Å². The molecule has 1 saturated heterocycles. The molecule has 2 aromatic heterocycles. The first-order chi connectivity index (χ1) is 12.7. The van der Waals surface area contributed by atoms with Crippen LogP contribution < -0.4 is 5.73 Å². The number of anilines is 1. The minimum Gasteiger partial charge on any atom is -0.382 e. The predicted octanol–water partition coefficient (Wildman–Crippen LogP) is 2.43.